The number of ether oxygens (including phenoxy) is 2. The summed E-state index contributed by atoms with van der Waals surface area (Å²) in [4.78, 5) is 27.6. The highest BCUT2D eigenvalue weighted by molar-refractivity contribution is 6.16. The number of hydrogen-bond donors (Lipinski definition) is 1. The highest BCUT2D eigenvalue weighted by atomic mass is 16.5. The van der Waals surface area contributed by atoms with Crippen LogP contribution in [0.25, 0.3) is 0 Å². The van der Waals surface area contributed by atoms with Gasteiger partial charge >= 0.3 is 0 Å². The molecule has 164 valence electrons. The van der Waals surface area contributed by atoms with Gasteiger partial charge in [-0.25, -0.2) is 0 Å². The van der Waals surface area contributed by atoms with Crippen LogP contribution < -0.4 is 14.4 Å². The summed E-state index contributed by atoms with van der Waals surface area (Å²) >= 11 is 0. The first kappa shape index (κ1) is 22.4. The minimum Gasteiger partial charge on any atom is -0.503 e. The predicted molar refractivity (Wildman–Crippen MR) is 120 cm³/mol. The van der Waals surface area contributed by atoms with E-state index >= 15 is 0 Å². The zero-order valence-corrected chi connectivity index (χ0v) is 18.6. The number of Topliss-reactive ketones (excluding diaryl/α,β-unsaturated/α-hetero) is 1. The van der Waals surface area contributed by atoms with Gasteiger partial charge in [-0.05, 0) is 50.6 Å². The standard InChI is InChI=1S/C25H29NO5/c1-6-30-19-11-8-10-18(14-19)26-22(17-9-7-12-20(13-17)31-16(4)5)21(23(27)15(2)3)24(28)25(26)29/h7-16,22,28H,6H2,1-5H3. The minimum absolute atomic E-state index is 0.0276. The summed E-state index contributed by atoms with van der Waals surface area (Å²) in [7, 11) is 0. The molecule has 3 rings (SSSR count). The summed E-state index contributed by atoms with van der Waals surface area (Å²) in [5.74, 6) is -0.539. The van der Waals surface area contributed by atoms with E-state index in [-0.39, 0.29) is 23.4 Å². The number of carbonyl (C=O) groups is 2. The maximum absolute atomic E-state index is 13.2. The van der Waals surface area contributed by atoms with Crippen LogP contribution in [0.2, 0.25) is 0 Å². The average molecular weight is 424 g/mol. The van der Waals surface area contributed by atoms with Crippen molar-refractivity contribution in [2.45, 2.75) is 46.8 Å². The average Bonchev–Trinajstić information content (AvgIpc) is 2.98. The number of aliphatic hydroxyl groups is 1. The number of nitrogens with zero attached hydrogens (tertiary/aromatic N) is 1. The summed E-state index contributed by atoms with van der Waals surface area (Å²) in [6, 6.07) is 13.6. The molecule has 31 heavy (non-hydrogen) atoms. The second kappa shape index (κ2) is 9.25. The lowest BCUT2D eigenvalue weighted by molar-refractivity contribution is -0.119. The fraction of sp³-hybridized carbons (Fsp3) is 0.360. The first-order chi connectivity index (χ1) is 14.7. The van der Waals surface area contributed by atoms with E-state index in [1.165, 1.54) is 4.90 Å². The Balaban J connectivity index is 2.15. The number of carbonyl (C=O) groups excluding carboxylic acids is 2. The van der Waals surface area contributed by atoms with Gasteiger partial charge in [-0.2, -0.15) is 0 Å². The summed E-state index contributed by atoms with van der Waals surface area (Å²) in [6.07, 6.45) is -0.0276. The zero-order chi connectivity index (χ0) is 22.7. The number of ketones is 1. The number of amides is 1. The van der Waals surface area contributed by atoms with E-state index in [1.54, 1.807) is 38.1 Å². The van der Waals surface area contributed by atoms with E-state index in [2.05, 4.69) is 0 Å². The molecule has 0 fully saturated rings. The molecule has 6 nitrogen and oxygen atoms in total. The van der Waals surface area contributed by atoms with Crippen LogP contribution >= 0.6 is 0 Å². The van der Waals surface area contributed by atoms with Crippen molar-refractivity contribution in [3.8, 4) is 11.5 Å². The quantitative estimate of drug-likeness (QED) is 0.647. The topological polar surface area (TPSA) is 76.1 Å². The van der Waals surface area contributed by atoms with Crippen molar-refractivity contribution in [3.05, 3.63) is 65.4 Å². The Morgan fingerprint density at radius 1 is 1.06 bits per heavy atom. The SMILES string of the molecule is CCOc1cccc(N2C(=O)C(O)=C(C(=O)C(C)C)C2c2cccc(OC(C)C)c2)c1. The number of aliphatic hydroxyl groups excluding tert-OH is 1. The van der Waals surface area contributed by atoms with Gasteiger partial charge in [-0.3, -0.25) is 14.5 Å². The maximum atomic E-state index is 13.2. The van der Waals surface area contributed by atoms with E-state index in [4.69, 9.17) is 9.47 Å². The van der Waals surface area contributed by atoms with E-state index in [0.29, 0.717) is 29.4 Å². The third-order valence-corrected chi connectivity index (χ3v) is 4.95. The number of rotatable bonds is 8. The molecule has 1 aliphatic heterocycles. The van der Waals surface area contributed by atoms with Gasteiger partial charge in [-0.15, -0.1) is 0 Å². The van der Waals surface area contributed by atoms with Gasteiger partial charge in [0.2, 0.25) is 0 Å². The molecule has 0 radical (unpaired) electrons. The highest BCUT2D eigenvalue weighted by Crippen LogP contribution is 2.43. The molecule has 0 bridgehead atoms. The van der Waals surface area contributed by atoms with E-state index in [0.717, 1.165) is 0 Å². The smallest absolute Gasteiger partial charge is 0.294 e. The lowest BCUT2D eigenvalue weighted by Crippen LogP contribution is -2.31. The summed E-state index contributed by atoms with van der Waals surface area (Å²) in [6.45, 7) is 9.72. The number of benzene rings is 2. The Bertz CT molecular complexity index is 1010. The van der Waals surface area contributed by atoms with Crippen molar-refractivity contribution in [1.29, 1.82) is 0 Å². The van der Waals surface area contributed by atoms with Crippen LogP contribution in [0.5, 0.6) is 11.5 Å². The zero-order valence-electron chi connectivity index (χ0n) is 18.6. The molecule has 1 amide bonds. The lowest BCUT2D eigenvalue weighted by atomic mass is 9.91. The van der Waals surface area contributed by atoms with Crippen molar-refractivity contribution in [2.24, 2.45) is 5.92 Å². The second-order valence-electron chi connectivity index (χ2n) is 8.03. The van der Waals surface area contributed by atoms with Gasteiger partial charge in [0.05, 0.1) is 24.3 Å². The molecule has 1 heterocycles. The molecule has 0 aromatic heterocycles. The van der Waals surface area contributed by atoms with Crippen LogP contribution in [0.4, 0.5) is 5.69 Å². The Morgan fingerprint density at radius 2 is 1.74 bits per heavy atom. The fourth-order valence-corrected chi connectivity index (χ4v) is 3.67. The molecule has 0 saturated carbocycles. The fourth-order valence-electron chi connectivity index (χ4n) is 3.67. The second-order valence-corrected chi connectivity index (χ2v) is 8.03. The van der Waals surface area contributed by atoms with Crippen molar-refractivity contribution in [2.75, 3.05) is 11.5 Å². The Kier molecular flexibility index (Phi) is 6.68. The molecular weight excluding hydrogens is 394 g/mol. The lowest BCUT2D eigenvalue weighted by Gasteiger charge is -2.28. The van der Waals surface area contributed by atoms with Crippen molar-refractivity contribution in [1.82, 2.24) is 0 Å². The molecule has 0 saturated heterocycles. The van der Waals surface area contributed by atoms with Crippen molar-refractivity contribution >= 4 is 17.4 Å². The van der Waals surface area contributed by atoms with E-state index in [1.807, 2.05) is 45.0 Å². The van der Waals surface area contributed by atoms with Gasteiger partial charge in [0.1, 0.15) is 11.5 Å². The summed E-state index contributed by atoms with van der Waals surface area (Å²) in [5.41, 5.74) is 1.32. The molecule has 1 unspecified atom stereocenters. The molecule has 0 aliphatic carbocycles. The maximum Gasteiger partial charge on any atom is 0.294 e. The first-order valence-corrected chi connectivity index (χ1v) is 10.5. The minimum atomic E-state index is -0.769. The summed E-state index contributed by atoms with van der Waals surface area (Å²) in [5, 5.41) is 10.7. The molecule has 1 aliphatic rings. The van der Waals surface area contributed by atoms with Crippen LogP contribution in [-0.4, -0.2) is 29.5 Å². The molecule has 1 N–H and O–H groups in total. The van der Waals surface area contributed by atoms with Crippen LogP contribution in [0, 0.1) is 5.92 Å². The molecule has 1 atom stereocenters. The third kappa shape index (κ3) is 4.58. The summed E-state index contributed by atoms with van der Waals surface area (Å²) < 4.78 is 11.4. The molecule has 0 spiro atoms. The van der Waals surface area contributed by atoms with Crippen molar-refractivity contribution in [3.63, 3.8) is 0 Å². The van der Waals surface area contributed by atoms with Gasteiger partial charge in [0.15, 0.2) is 11.5 Å². The van der Waals surface area contributed by atoms with Gasteiger partial charge in [0.25, 0.3) is 5.91 Å². The predicted octanol–water partition coefficient (Wildman–Crippen LogP) is 5.00. The third-order valence-electron chi connectivity index (χ3n) is 4.95. The van der Waals surface area contributed by atoms with Gasteiger partial charge in [-0.1, -0.05) is 32.0 Å². The van der Waals surface area contributed by atoms with Crippen LogP contribution in [0.3, 0.4) is 0 Å². The van der Waals surface area contributed by atoms with Crippen LogP contribution in [-0.2, 0) is 9.59 Å². The monoisotopic (exact) mass is 423 g/mol. The first-order valence-electron chi connectivity index (χ1n) is 10.5. The number of hydrogen-bond acceptors (Lipinski definition) is 5. The molecular formula is C25H29NO5. The number of anilines is 1. The largest absolute Gasteiger partial charge is 0.503 e. The highest BCUT2D eigenvalue weighted by Gasteiger charge is 2.45. The van der Waals surface area contributed by atoms with E-state index < -0.39 is 17.7 Å². The Labute approximate surface area is 183 Å². The van der Waals surface area contributed by atoms with E-state index in [9.17, 15) is 14.7 Å². The molecule has 6 heteroatoms. The Hall–Kier alpha value is -3.28. The molecule has 2 aromatic carbocycles. The van der Waals surface area contributed by atoms with Crippen LogP contribution in [0.15, 0.2) is 59.9 Å². The van der Waals surface area contributed by atoms with Crippen molar-refractivity contribution < 1.29 is 24.2 Å². The van der Waals surface area contributed by atoms with Crippen LogP contribution in [0.1, 0.15) is 46.2 Å². The Morgan fingerprint density at radius 3 is 2.39 bits per heavy atom. The normalized spacial score (nSPS) is 16.4. The molecule has 2 aromatic rings. The van der Waals surface area contributed by atoms with Gasteiger partial charge in [0, 0.05) is 17.7 Å². The van der Waals surface area contributed by atoms with Gasteiger partial charge < -0.3 is 14.6 Å².